The fourth-order valence-electron chi connectivity index (χ4n) is 3.13. The number of thiazole rings is 1. The Morgan fingerprint density at radius 1 is 1.33 bits per heavy atom. The van der Waals surface area contributed by atoms with E-state index >= 15 is 0 Å². The zero-order valence-corrected chi connectivity index (χ0v) is 15.0. The molecule has 0 fully saturated rings. The van der Waals surface area contributed by atoms with E-state index in [1.807, 2.05) is 6.20 Å². The van der Waals surface area contributed by atoms with Gasteiger partial charge in [-0.15, -0.1) is 11.3 Å². The van der Waals surface area contributed by atoms with Gasteiger partial charge < -0.3 is 4.74 Å². The maximum absolute atomic E-state index is 5.47. The Morgan fingerprint density at radius 2 is 2.21 bits per heavy atom. The zero-order valence-electron chi connectivity index (χ0n) is 14.2. The summed E-state index contributed by atoms with van der Waals surface area (Å²) in [5.41, 5.74) is 3.54. The SMILES string of the molecule is COc1nc2sccn2c1CN1CCc2nc(C(C)C)ncc2C1. The summed E-state index contributed by atoms with van der Waals surface area (Å²) in [6.07, 6.45) is 5.02. The van der Waals surface area contributed by atoms with Gasteiger partial charge in [0.25, 0.3) is 0 Å². The monoisotopic (exact) mass is 343 g/mol. The quantitative estimate of drug-likeness (QED) is 0.729. The smallest absolute Gasteiger partial charge is 0.237 e. The third-order valence-electron chi connectivity index (χ3n) is 4.44. The molecule has 0 aliphatic carbocycles. The first kappa shape index (κ1) is 15.5. The van der Waals surface area contributed by atoms with E-state index in [9.17, 15) is 0 Å². The number of ether oxygens (including phenoxy) is 1. The van der Waals surface area contributed by atoms with Gasteiger partial charge in [-0.25, -0.2) is 9.97 Å². The number of imidazole rings is 1. The molecule has 126 valence electrons. The van der Waals surface area contributed by atoms with E-state index in [1.165, 1.54) is 11.3 Å². The Morgan fingerprint density at radius 3 is 3.00 bits per heavy atom. The summed E-state index contributed by atoms with van der Waals surface area (Å²) in [6.45, 7) is 6.94. The predicted octanol–water partition coefficient (Wildman–Crippen LogP) is 2.88. The van der Waals surface area contributed by atoms with Crippen LogP contribution in [0.3, 0.4) is 0 Å². The summed E-state index contributed by atoms with van der Waals surface area (Å²) in [5, 5.41) is 2.05. The van der Waals surface area contributed by atoms with Crippen LogP contribution >= 0.6 is 11.3 Å². The van der Waals surface area contributed by atoms with Crippen molar-refractivity contribution in [2.24, 2.45) is 0 Å². The van der Waals surface area contributed by atoms with Crippen molar-refractivity contribution in [3.63, 3.8) is 0 Å². The van der Waals surface area contributed by atoms with Crippen molar-refractivity contribution in [1.82, 2.24) is 24.3 Å². The van der Waals surface area contributed by atoms with Crippen molar-refractivity contribution in [2.75, 3.05) is 13.7 Å². The molecule has 0 spiro atoms. The molecule has 0 amide bonds. The number of hydrogen-bond donors (Lipinski definition) is 0. The number of rotatable bonds is 4. The predicted molar refractivity (Wildman–Crippen MR) is 93.6 cm³/mol. The van der Waals surface area contributed by atoms with Crippen LogP contribution in [0.5, 0.6) is 5.88 Å². The molecule has 0 saturated heterocycles. The van der Waals surface area contributed by atoms with Gasteiger partial charge in [0, 0.05) is 61.0 Å². The second kappa shape index (κ2) is 6.14. The summed E-state index contributed by atoms with van der Waals surface area (Å²) in [4.78, 5) is 17.2. The maximum atomic E-state index is 5.47. The molecule has 1 aliphatic rings. The molecule has 6 nitrogen and oxygen atoms in total. The van der Waals surface area contributed by atoms with Gasteiger partial charge in [-0.3, -0.25) is 9.30 Å². The summed E-state index contributed by atoms with van der Waals surface area (Å²) in [5.74, 6) is 2.04. The maximum Gasteiger partial charge on any atom is 0.237 e. The minimum absolute atomic E-state index is 0.372. The largest absolute Gasteiger partial charge is 0.480 e. The highest BCUT2D eigenvalue weighted by atomic mass is 32.1. The van der Waals surface area contributed by atoms with Crippen LogP contribution in [0.2, 0.25) is 0 Å². The highest BCUT2D eigenvalue weighted by molar-refractivity contribution is 7.15. The molecule has 24 heavy (non-hydrogen) atoms. The van der Waals surface area contributed by atoms with Crippen molar-refractivity contribution in [2.45, 2.75) is 39.3 Å². The molecule has 0 atom stereocenters. The lowest BCUT2D eigenvalue weighted by atomic mass is 10.1. The van der Waals surface area contributed by atoms with E-state index in [2.05, 4.69) is 44.7 Å². The number of aromatic nitrogens is 4. The first-order chi connectivity index (χ1) is 11.7. The van der Waals surface area contributed by atoms with Crippen LogP contribution in [0.4, 0.5) is 0 Å². The van der Waals surface area contributed by atoms with Gasteiger partial charge in [0.15, 0.2) is 4.96 Å². The molecule has 4 heterocycles. The van der Waals surface area contributed by atoms with E-state index in [0.29, 0.717) is 5.92 Å². The summed E-state index contributed by atoms with van der Waals surface area (Å²) >= 11 is 1.63. The molecular weight excluding hydrogens is 322 g/mol. The average molecular weight is 343 g/mol. The van der Waals surface area contributed by atoms with Crippen LogP contribution < -0.4 is 4.74 Å². The van der Waals surface area contributed by atoms with E-state index < -0.39 is 0 Å². The normalized spacial score (nSPS) is 15.2. The number of methoxy groups -OCH3 is 1. The highest BCUT2D eigenvalue weighted by Gasteiger charge is 2.22. The van der Waals surface area contributed by atoms with Gasteiger partial charge in [0.1, 0.15) is 11.5 Å². The van der Waals surface area contributed by atoms with Crippen molar-refractivity contribution in [3.05, 3.63) is 40.5 Å². The van der Waals surface area contributed by atoms with Crippen molar-refractivity contribution in [3.8, 4) is 5.88 Å². The zero-order chi connectivity index (χ0) is 16.7. The van der Waals surface area contributed by atoms with Crippen molar-refractivity contribution >= 4 is 16.3 Å². The number of fused-ring (bicyclic) bond motifs is 2. The highest BCUT2D eigenvalue weighted by Crippen LogP contribution is 2.26. The minimum Gasteiger partial charge on any atom is -0.480 e. The second-order valence-electron chi connectivity index (χ2n) is 6.44. The Labute approximate surface area is 145 Å². The first-order valence-electron chi connectivity index (χ1n) is 8.21. The molecule has 0 unspecified atom stereocenters. The van der Waals surface area contributed by atoms with E-state index in [1.54, 1.807) is 18.4 Å². The third-order valence-corrected chi connectivity index (χ3v) is 5.20. The summed E-state index contributed by atoms with van der Waals surface area (Å²) in [7, 11) is 1.68. The van der Waals surface area contributed by atoms with E-state index in [4.69, 9.17) is 9.72 Å². The topological polar surface area (TPSA) is 55.6 Å². The summed E-state index contributed by atoms with van der Waals surface area (Å²) < 4.78 is 7.59. The van der Waals surface area contributed by atoms with Crippen LogP contribution in [-0.4, -0.2) is 37.9 Å². The van der Waals surface area contributed by atoms with Crippen molar-refractivity contribution < 1.29 is 4.74 Å². The second-order valence-corrected chi connectivity index (χ2v) is 7.31. The molecule has 0 saturated carbocycles. The first-order valence-corrected chi connectivity index (χ1v) is 9.09. The molecular formula is C17H21N5OS. The Kier molecular flexibility index (Phi) is 3.97. The molecule has 3 aromatic rings. The van der Waals surface area contributed by atoms with Gasteiger partial charge in [0.2, 0.25) is 5.88 Å². The van der Waals surface area contributed by atoms with Gasteiger partial charge in [0.05, 0.1) is 7.11 Å². The average Bonchev–Trinajstić information content (AvgIpc) is 3.16. The van der Waals surface area contributed by atoms with Crippen LogP contribution in [0.1, 0.15) is 42.5 Å². The number of hydrogen-bond acceptors (Lipinski definition) is 6. The van der Waals surface area contributed by atoms with Crippen LogP contribution in [-0.2, 0) is 19.5 Å². The molecule has 4 rings (SSSR count). The lowest BCUT2D eigenvalue weighted by Crippen LogP contribution is -2.31. The standard InChI is InChI=1S/C17H21N5OS/c1-11(2)15-18-8-12-9-21(5-4-13(12)19-15)10-14-16(23-3)20-17-22(14)6-7-24-17/h6-8,11H,4-5,9-10H2,1-3H3. The fraction of sp³-hybridized carbons (Fsp3) is 0.471. The lowest BCUT2D eigenvalue weighted by molar-refractivity contribution is 0.234. The molecule has 1 aliphatic heterocycles. The van der Waals surface area contributed by atoms with Crippen LogP contribution in [0.15, 0.2) is 17.8 Å². The summed E-state index contributed by atoms with van der Waals surface area (Å²) in [6, 6.07) is 0. The molecule has 0 radical (unpaired) electrons. The lowest BCUT2D eigenvalue weighted by Gasteiger charge is -2.28. The van der Waals surface area contributed by atoms with Gasteiger partial charge >= 0.3 is 0 Å². The fourth-order valence-corrected chi connectivity index (χ4v) is 3.86. The Hall–Kier alpha value is -1.99. The molecule has 3 aromatic heterocycles. The van der Waals surface area contributed by atoms with E-state index in [0.717, 1.165) is 48.4 Å². The third kappa shape index (κ3) is 2.67. The van der Waals surface area contributed by atoms with Gasteiger partial charge in [-0.05, 0) is 0 Å². The number of nitrogens with zero attached hydrogens (tertiary/aromatic N) is 5. The van der Waals surface area contributed by atoms with Crippen LogP contribution in [0.25, 0.3) is 4.96 Å². The Balaban J connectivity index is 1.57. The van der Waals surface area contributed by atoms with Gasteiger partial charge in [-0.2, -0.15) is 4.98 Å². The Bertz CT molecular complexity index is 869. The van der Waals surface area contributed by atoms with Crippen LogP contribution in [0, 0.1) is 0 Å². The van der Waals surface area contributed by atoms with E-state index in [-0.39, 0.29) is 0 Å². The van der Waals surface area contributed by atoms with Gasteiger partial charge in [-0.1, -0.05) is 13.8 Å². The molecule has 0 N–H and O–H groups in total. The van der Waals surface area contributed by atoms with Crippen molar-refractivity contribution in [1.29, 1.82) is 0 Å². The molecule has 7 heteroatoms. The molecule has 0 bridgehead atoms. The molecule has 0 aromatic carbocycles. The minimum atomic E-state index is 0.372.